The van der Waals surface area contributed by atoms with E-state index in [1.165, 1.54) is 20.3 Å². The van der Waals surface area contributed by atoms with Gasteiger partial charge in [0.25, 0.3) is 5.91 Å². The van der Waals surface area contributed by atoms with E-state index < -0.39 is 23.9 Å². The number of nitrogens with zero attached hydrogens (tertiary/aromatic N) is 6. The highest BCUT2D eigenvalue weighted by molar-refractivity contribution is 6.31. The van der Waals surface area contributed by atoms with Gasteiger partial charge in [-0.3, -0.25) is 14.7 Å². The van der Waals surface area contributed by atoms with Gasteiger partial charge in [0.15, 0.2) is 0 Å². The van der Waals surface area contributed by atoms with Crippen molar-refractivity contribution in [2.24, 2.45) is 16.6 Å². The number of aliphatic imine (C=N–C) groups is 1. The Kier molecular flexibility index (Phi) is 16.2. The Hall–Kier alpha value is -7.27. The van der Waals surface area contributed by atoms with E-state index in [9.17, 15) is 22.8 Å². The lowest BCUT2D eigenvalue weighted by Gasteiger charge is -2.39. The van der Waals surface area contributed by atoms with Crippen molar-refractivity contribution in [2.75, 3.05) is 83.9 Å². The molecular weight excluding hydrogens is 936 g/mol. The largest absolute Gasteiger partial charge is 0.496 e. The van der Waals surface area contributed by atoms with Gasteiger partial charge >= 0.3 is 18.1 Å². The number of amides is 1. The first-order valence-corrected chi connectivity index (χ1v) is 22.5. The van der Waals surface area contributed by atoms with Gasteiger partial charge in [-0.2, -0.15) is 13.2 Å². The van der Waals surface area contributed by atoms with Crippen molar-refractivity contribution >= 4 is 52.5 Å². The van der Waals surface area contributed by atoms with E-state index in [0.717, 1.165) is 62.4 Å². The number of halogens is 5. The maximum atomic E-state index is 15.4. The number of benzene rings is 4. The summed E-state index contributed by atoms with van der Waals surface area (Å²) in [6.07, 6.45) is -1.55. The third kappa shape index (κ3) is 11.8. The number of nitrogens with one attached hydrogen (secondary N) is 1. The van der Waals surface area contributed by atoms with E-state index in [-0.39, 0.29) is 24.6 Å². The van der Waals surface area contributed by atoms with E-state index in [2.05, 4.69) is 31.9 Å². The minimum absolute atomic E-state index is 0.0713. The summed E-state index contributed by atoms with van der Waals surface area (Å²) in [4.78, 5) is 56.1. The maximum Gasteiger partial charge on any atom is 0.490 e. The van der Waals surface area contributed by atoms with Gasteiger partial charge in [-0.25, -0.2) is 23.9 Å². The topological polar surface area (TPSA) is 185 Å². The first kappa shape index (κ1) is 50.6. The van der Waals surface area contributed by atoms with Crippen LogP contribution in [-0.4, -0.2) is 128 Å². The summed E-state index contributed by atoms with van der Waals surface area (Å²) in [5.74, 6) is 3.76. The molecule has 0 unspecified atom stereocenters. The summed E-state index contributed by atoms with van der Waals surface area (Å²) in [6, 6.07) is 21.1. The number of carboxylic acids is 1. The maximum absolute atomic E-state index is 15.4. The molecule has 8 rings (SSSR count). The number of ether oxygens (including phenoxy) is 3. The van der Waals surface area contributed by atoms with E-state index in [1.54, 1.807) is 55.8 Å². The number of carboxylic acid groups (broad SMARTS) is 1. The number of rotatable bonds is 10. The molecule has 0 saturated carbocycles. The number of aliphatic carboxylic acids is 1. The number of likely N-dealkylation sites (tertiary alicyclic amines) is 1. The van der Waals surface area contributed by atoms with E-state index in [0.29, 0.717) is 80.8 Å². The molecule has 4 aromatic carbocycles. The molecule has 0 spiro atoms. The van der Waals surface area contributed by atoms with Crippen molar-refractivity contribution in [2.45, 2.75) is 25.6 Å². The number of piperazine rings is 1. The fraction of sp³-hybridized carbons (Fsp3) is 0.320. The van der Waals surface area contributed by atoms with Crippen LogP contribution in [0.25, 0.3) is 11.3 Å². The lowest BCUT2D eigenvalue weighted by molar-refractivity contribution is -0.192. The summed E-state index contributed by atoms with van der Waals surface area (Å²) in [5.41, 5.74) is 12.2. The van der Waals surface area contributed by atoms with Crippen LogP contribution in [0.3, 0.4) is 0 Å². The number of fused-ring (bicyclic) bond motifs is 3. The van der Waals surface area contributed by atoms with Crippen LogP contribution in [0.2, 0.25) is 5.02 Å². The van der Waals surface area contributed by atoms with E-state index >= 15 is 4.39 Å². The molecule has 20 heteroatoms. The molecule has 0 radical (unpaired) electrons. The molecule has 2 fully saturated rings. The molecule has 2 saturated heterocycles. The van der Waals surface area contributed by atoms with Crippen LogP contribution in [0.4, 0.5) is 34.9 Å². The predicted octanol–water partition coefficient (Wildman–Crippen LogP) is 7.45. The van der Waals surface area contributed by atoms with Gasteiger partial charge in [0.1, 0.15) is 17.3 Å². The van der Waals surface area contributed by atoms with Crippen molar-refractivity contribution in [3.63, 3.8) is 0 Å². The molecule has 0 atom stereocenters. The highest BCUT2D eigenvalue weighted by Gasteiger charge is 2.38. The number of carbonyl (C=O) groups is 3. The Morgan fingerprint density at radius 3 is 2.29 bits per heavy atom. The number of methoxy groups -OCH3 is 3. The Bertz CT molecular complexity index is 2860. The Morgan fingerprint density at radius 2 is 1.61 bits per heavy atom. The number of piperidine rings is 1. The zero-order valence-corrected chi connectivity index (χ0v) is 39.2. The molecule has 5 aromatic rings. The van der Waals surface area contributed by atoms with Crippen LogP contribution in [-0.2, 0) is 16.1 Å². The van der Waals surface area contributed by atoms with Crippen LogP contribution in [0.1, 0.15) is 55.8 Å². The standard InChI is InChI=1S/C48H48ClFN8O5.C2HF3O2/c1-61-41-8-4-7-40(50)43(41)45-39-25-33(49)9-12-37(39)44-32(27-52-45)28-53-48(55-44)54-34-10-13-38(42(26-34)62-2)46(59)58-18-15-30(16-19-58)29-56-20-22-57(23-21-56)35-11-14-36(47(60)63-3)31(24-35)6-5-17-51;3-2(4,5)1(6)7/h4,7-14,24-26,28,30H,15-23,27,29,51H2,1-3H3,(H,53,54,55);(H,6,7). The van der Waals surface area contributed by atoms with Crippen molar-refractivity contribution in [3.05, 3.63) is 123 Å². The smallest absolute Gasteiger partial charge is 0.490 e. The number of hydrogen-bond acceptors (Lipinski definition) is 13. The van der Waals surface area contributed by atoms with Crippen molar-refractivity contribution in [3.8, 4) is 34.6 Å². The van der Waals surface area contributed by atoms with Crippen LogP contribution in [0.5, 0.6) is 11.5 Å². The fourth-order valence-electron chi connectivity index (χ4n) is 8.49. The van der Waals surface area contributed by atoms with Crippen molar-refractivity contribution < 1.29 is 51.3 Å². The zero-order chi connectivity index (χ0) is 50.1. The number of hydrogen-bond donors (Lipinski definition) is 3. The number of carbonyl (C=O) groups excluding carboxylic acids is 2. The fourth-order valence-corrected chi connectivity index (χ4v) is 8.66. The third-order valence-corrected chi connectivity index (χ3v) is 12.3. The van der Waals surface area contributed by atoms with Crippen LogP contribution in [0.15, 0.2) is 84.0 Å². The summed E-state index contributed by atoms with van der Waals surface area (Å²) in [5, 5.41) is 10.9. The van der Waals surface area contributed by atoms with E-state index in [1.807, 2.05) is 29.2 Å². The Balaban J connectivity index is 0.000000959. The molecule has 1 aromatic heterocycles. The number of alkyl halides is 3. The van der Waals surface area contributed by atoms with Crippen LogP contribution < -0.4 is 25.4 Å². The average molecular weight is 985 g/mol. The monoisotopic (exact) mass is 984 g/mol. The van der Waals surface area contributed by atoms with Gasteiger partial charge in [-0.15, -0.1) is 0 Å². The minimum Gasteiger partial charge on any atom is -0.496 e. The molecule has 70 heavy (non-hydrogen) atoms. The molecule has 3 aliphatic rings. The van der Waals surface area contributed by atoms with Gasteiger partial charge in [0.2, 0.25) is 5.95 Å². The summed E-state index contributed by atoms with van der Waals surface area (Å²) in [7, 11) is 4.41. The lowest BCUT2D eigenvalue weighted by Crippen LogP contribution is -2.49. The number of esters is 1. The summed E-state index contributed by atoms with van der Waals surface area (Å²) in [6.45, 7) is 6.26. The van der Waals surface area contributed by atoms with Gasteiger partial charge in [0, 0.05) is 96.7 Å². The van der Waals surface area contributed by atoms with Crippen LogP contribution >= 0.6 is 11.6 Å². The summed E-state index contributed by atoms with van der Waals surface area (Å²) < 4.78 is 63.3. The first-order valence-electron chi connectivity index (χ1n) is 22.1. The molecule has 3 aliphatic heterocycles. The third-order valence-electron chi connectivity index (χ3n) is 12.0. The highest BCUT2D eigenvalue weighted by Crippen LogP contribution is 2.37. The van der Waals surface area contributed by atoms with Crippen LogP contribution in [0, 0.1) is 23.6 Å². The normalized spacial score (nSPS) is 14.8. The number of aromatic nitrogens is 2. The molecule has 4 N–H and O–H groups in total. The zero-order valence-electron chi connectivity index (χ0n) is 38.4. The van der Waals surface area contributed by atoms with Gasteiger partial charge in [-0.1, -0.05) is 35.6 Å². The minimum atomic E-state index is -5.08. The highest BCUT2D eigenvalue weighted by atomic mass is 35.5. The SMILES string of the molecule is COC(=O)c1ccc(N2CCN(CC3CCN(C(=O)c4ccc(Nc5ncc6c(n5)-c5ccc(Cl)cc5C(c5c(F)cccc5OC)=NC6)cc4OC)CC3)CC2)cc1C#CCN.O=C(O)C(F)(F)F. The molecule has 15 nitrogen and oxygen atoms in total. The number of nitrogens with two attached hydrogens (primary N) is 1. The molecule has 0 bridgehead atoms. The average Bonchev–Trinajstić information content (AvgIpc) is 3.51. The lowest BCUT2D eigenvalue weighted by atomic mass is 9.94. The number of anilines is 3. The van der Waals surface area contributed by atoms with Gasteiger partial charge in [-0.05, 0) is 73.4 Å². The van der Waals surface area contributed by atoms with Crippen molar-refractivity contribution in [1.82, 2.24) is 19.8 Å². The molecule has 366 valence electrons. The van der Waals surface area contributed by atoms with Gasteiger partial charge < -0.3 is 40.2 Å². The second kappa shape index (κ2) is 22.4. The second-order valence-corrected chi connectivity index (χ2v) is 16.8. The second-order valence-electron chi connectivity index (χ2n) is 16.3. The van der Waals surface area contributed by atoms with Crippen molar-refractivity contribution in [1.29, 1.82) is 0 Å². The summed E-state index contributed by atoms with van der Waals surface area (Å²) >= 11 is 6.48. The Labute approximate surface area is 406 Å². The first-order chi connectivity index (χ1) is 33.6. The quantitative estimate of drug-likeness (QED) is 0.0713. The van der Waals surface area contributed by atoms with Gasteiger partial charge in [0.05, 0.1) is 62.5 Å². The molecular formula is C50H49ClF4N8O7. The molecule has 0 aliphatic carbocycles. The predicted molar refractivity (Wildman–Crippen MR) is 256 cm³/mol. The molecule has 1 amide bonds. The van der Waals surface area contributed by atoms with E-state index in [4.69, 9.17) is 51.4 Å². The Morgan fingerprint density at radius 1 is 0.900 bits per heavy atom. The molecule has 4 heterocycles.